The summed E-state index contributed by atoms with van der Waals surface area (Å²) in [5, 5.41) is 7.49. The summed E-state index contributed by atoms with van der Waals surface area (Å²) in [6.07, 6.45) is 0. The zero-order valence-electron chi connectivity index (χ0n) is 7.59. The third-order valence-electron chi connectivity index (χ3n) is 2.26. The Hall–Kier alpha value is -0.570. The average Bonchev–Trinajstić information content (AvgIpc) is 1.85. The molecule has 0 aromatic carbocycles. The van der Waals surface area contributed by atoms with Crippen molar-refractivity contribution in [3.8, 4) is 0 Å². The van der Waals surface area contributed by atoms with E-state index in [0.29, 0.717) is 11.9 Å². The van der Waals surface area contributed by atoms with E-state index in [1.165, 1.54) is 0 Å². The zero-order valence-corrected chi connectivity index (χ0v) is 7.59. The molecule has 3 nitrogen and oxygen atoms in total. The molecule has 11 heavy (non-hydrogen) atoms. The standard InChI is InChI=1S/C8H17N3/c1-7-6-10(3)4-5-11(7)8(2)9/h7,9H,4-6H2,1-3H3. The lowest BCUT2D eigenvalue weighted by Gasteiger charge is -2.38. The minimum absolute atomic E-state index is 0.506. The molecule has 0 bridgehead atoms. The minimum atomic E-state index is 0.506. The molecule has 0 saturated carbocycles. The van der Waals surface area contributed by atoms with Crippen LogP contribution < -0.4 is 0 Å². The van der Waals surface area contributed by atoms with Crippen LogP contribution in [0.15, 0.2) is 0 Å². The van der Waals surface area contributed by atoms with Crippen molar-refractivity contribution in [1.82, 2.24) is 9.80 Å². The number of piperazine rings is 1. The van der Waals surface area contributed by atoms with Gasteiger partial charge in [0, 0.05) is 25.7 Å². The second-order valence-electron chi connectivity index (χ2n) is 3.39. The zero-order chi connectivity index (χ0) is 8.43. The number of nitrogens with zero attached hydrogens (tertiary/aromatic N) is 2. The van der Waals surface area contributed by atoms with Crippen LogP contribution in [0.3, 0.4) is 0 Å². The number of hydrogen-bond acceptors (Lipinski definition) is 2. The highest BCUT2D eigenvalue weighted by Gasteiger charge is 2.20. The van der Waals surface area contributed by atoms with Crippen LogP contribution in [0.4, 0.5) is 0 Å². The molecule has 1 atom stereocenters. The van der Waals surface area contributed by atoms with Crippen LogP contribution in [0.5, 0.6) is 0 Å². The maximum atomic E-state index is 7.49. The molecule has 1 unspecified atom stereocenters. The Morgan fingerprint density at radius 1 is 1.45 bits per heavy atom. The van der Waals surface area contributed by atoms with Gasteiger partial charge in [-0.3, -0.25) is 5.41 Å². The average molecular weight is 155 g/mol. The van der Waals surface area contributed by atoms with Crippen molar-refractivity contribution in [3.05, 3.63) is 0 Å². The topological polar surface area (TPSA) is 30.3 Å². The van der Waals surface area contributed by atoms with E-state index in [1.807, 2.05) is 6.92 Å². The highest BCUT2D eigenvalue weighted by molar-refractivity contribution is 5.76. The third kappa shape index (κ3) is 1.93. The molecule has 64 valence electrons. The van der Waals surface area contributed by atoms with Gasteiger partial charge in [0.15, 0.2) is 0 Å². The van der Waals surface area contributed by atoms with Gasteiger partial charge in [0.05, 0.1) is 5.84 Å². The van der Waals surface area contributed by atoms with Crippen molar-refractivity contribution in [2.45, 2.75) is 19.9 Å². The van der Waals surface area contributed by atoms with E-state index < -0.39 is 0 Å². The van der Waals surface area contributed by atoms with E-state index >= 15 is 0 Å². The van der Waals surface area contributed by atoms with Crippen LogP contribution in [0, 0.1) is 5.41 Å². The van der Waals surface area contributed by atoms with Crippen molar-refractivity contribution in [3.63, 3.8) is 0 Å². The third-order valence-corrected chi connectivity index (χ3v) is 2.26. The van der Waals surface area contributed by atoms with Crippen molar-refractivity contribution in [1.29, 1.82) is 5.41 Å². The van der Waals surface area contributed by atoms with Gasteiger partial charge in [0.2, 0.25) is 0 Å². The molecule has 0 amide bonds. The maximum Gasteiger partial charge on any atom is 0.0929 e. The Morgan fingerprint density at radius 3 is 2.55 bits per heavy atom. The number of rotatable bonds is 0. The van der Waals surface area contributed by atoms with E-state index in [4.69, 9.17) is 5.41 Å². The first-order valence-electron chi connectivity index (χ1n) is 4.11. The first-order chi connectivity index (χ1) is 5.11. The molecule has 3 heteroatoms. The summed E-state index contributed by atoms with van der Waals surface area (Å²) in [5.74, 6) is 0.700. The molecule has 0 radical (unpaired) electrons. The van der Waals surface area contributed by atoms with Crippen LogP contribution in [0.1, 0.15) is 13.8 Å². The second kappa shape index (κ2) is 3.22. The van der Waals surface area contributed by atoms with Crippen LogP contribution in [-0.2, 0) is 0 Å². The summed E-state index contributed by atoms with van der Waals surface area (Å²) < 4.78 is 0. The van der Waals surface area contributed by atoms with Gasteiger partial charge in [-0.2, -0.15) is 0 Å². The van der Waals surface area contributed by atoms with Gasteiger partial charge in [-0.1, -0.05) is 0 Å². The summed E-state index contributed by atoms with van der Waals surface area (Å²) in [5.41, 5.74) is 0. The van der Waals surface area contributed by atoms with E-state index in [0.717, 1.165) is 19.6 Å². The van der Waals surface area contributed by atoms with Gasteiger partial charge in [0.25, 0.3) is 0 Å². The fraction of sp³-hybridized carbons (Fsp3) is 0.875. The van der Waals surface area contributed by atoms with Crippen LogP contribution in [-0.4, -0.2) is 48.4 Å². The lowest BCUT2D eigenvalue weighted by Crippen LogP contribution is -2.51. The monoisotopic (exact) mass is 155 g/mol. The van der Waals surface area contributed by atoms with Gasteiger partial charge < -0.3 is 9.80 Å². The predicted molar refractivity (Wildman–Crippen MR) is 47.1 cm³/mol. The fourth-order valence-corrected chi connectivity index (χ4v) is 1.64. The molecule has 1 fully saturated rings. The Morgan fingerprint density at radius 2 is 2.09 bits per heavy atom. The summed E-state index contributed by atoms with van der Waals surface area (Å²) in [6, 6.07) is 0.506. The first-order valence-corrected chi connectivity index (χ1v) is 4.11. The summed E-state index contributed by atoms with van der Waals surface area (Å²) in [7, 11) is 2.13. The molecule has 1 aliphatic rings. The van der Waals surface area contributed by atoms with E-state index in [-0.39, 0.29) is 0 Å². The van der Waals surface area contributed by atoms with Gasteiger partial charge in [-0.25, -0.2) is 0 Å². The molecule has 0 aromatic heterocycles. The maximum absolute atomic E-state index is 7.49. The fourth-order valence-electron chi connectivity index (χ4n) is 1.64. The molecule has 1 aliphatic heterocycles. The molecular formula is C8H17N3. The van der Waals surface area contributed by atoms with Gasteiger partial charge in [-0.15, -0.1) is 0 Å². The summed E-state index contributed by atoms with van der Waals surface area (Å²) in [6.45, 7) is 7.21. The summed E-state index contributed by atoms with van der Waals surface area (Å²) in [4.78, 5) is 4.46. The molecule has 1 saturated heterocycles. The van der Waals surface area contributed by atoms with Crippen molar-refractivity contribution in [2.24, 2.45) is 0 Å². The van der Waals surface area contributed by atoms with E-state index in [9.17, 15) is 0 Å². The van der Waals surface area contributed by atoms with E-state index in [1.54, 1.807) is 0 Å². The molecule has 0 spiro atoms. The Kier molecular flexibility index (Phi) is 2.49. The largest absolute Gasteiger partial charge is 0.356 e. The number of likely N-dealkylation sites (N-methyl/N-ethyl adjacent to an activating group) is 1. The van der Waals surface area contributed by atoms with Gasteiger partial charge in [0.1, 0.15) is 0 Å². The summed E-state index contributed by atoms with van der Waals surface area (Å²) >= 11 is 0. The molecule has 1 rings (SSSR count). The lowest BCUT2D eigenvalue weighted by atomic mass is 10.2. The smallest absolute Gasteiger partial charge is 0.0929 e. The second-order valence-corrected chi connectivity index (χ2v) is 3.39. The SMILES string of the molecule is CC(=N)N1CCN(C)CC1C. The van der Waals surface area contributed by atoms with Crippen LogP contribution in [0.2, 0.25) is 0 Å². The predicted octanol–water partition coefficient (Wildman–Crippen LogP) is 0.619. The number of amidine groups is 1. The van der Waals surface area contributed by atoms with Crippen molar-refractivity contribution >= 4 is 5.84 Å². The molecule has 1 heterocycles. The molecular weight excluding hydrogens is 138 g/mol. The Labute approximate surface area is 68.5 Å². The van der Waals surface area contributed by atoms with E-state index in [2.05, 4.69) is 23.8 Å². The Balaban J connectivity index is 2.50. The Bertz CT molecular complexity index is 155. The first kappa shape index (κ1) is 8.53. The highest BCUT2D eigenvalue weighted by Crippen LogP contribution is 2.07. The number of hydrogen-bond donors (Lipinski definition) is 1. The van der Waals surface area contributed by atoms with Gasteiger partial charge in [-0.05, 0) is 20.9 Å². The molecule has 0 aromatic rings. The quantitative estimate of drug-likeness (QED) is 0.410. The molecule has 0 aliphatic carbocycles. The highest BCUT2D eigenvalue weighted by atomic mass is 15.3. The number of nitrogens with one attached hydrogen (secondary N) is 1. The minimum Gasteiger partial charge on any atom is -0.356 e. The van der Waals surface area contributed by atoms with Crippen LogP contribution in [0.25, 0.3) is 0 Å². The van der Waals surface area contributed by atoms with Gasteiger partial charge >= 0.3 is 0 Å². The van der Waals surface area contributed by atoms with Crippen molar-refractivity contribution < 1.29 is 0 Å². The molecule has 1 N–H and O–H groups in total. The van der Waals surface area contributed by atoms with Crippen molar-refractivity contribution in [2.75, 3.05) is 26.7 Å². The lowest BCUT2D eigenvalue weighted by molar-refractivity contribution is 0.160. The van der Waals surface area contributed by atoms with Crippen LogP contribution >= 0.6 is 0 Å². The normalized spacial score (nSPS) is 27.2.